The minimum atomic E-state index is -0.145. The van der Waals surface area contributed by atoms with E-state index >= 15 is 0 Å². The van der Waals surface area contributed by atoms with E-state index in [4.69, 9.17) is 44.3 Å². The lowest BCUT2D eigenvalue weighted by molar-refractivity contribution is 0.284. The number of rotatable bonds is 7. The SMILES string of the molecule is COc1cc(CNc2cc(Cl)c(O)c(Cl)c2)c(Cl)cc1OCc1ccccc1C. The van der Waals surface area contributed by atoms with Gasteiger partial charge in [0.1, 0.15) is 6.61 Å². The van der Waals surface area contributed by atoms with Gasteiger partial charge < -0.3 is 19.9 Å². The third-order valence-corrected chi connectivity index (χ3v) is 5.41. The summed E-state index contributed by atoms with van der Waals surface area (Å²) in [7, 11) is 1.58. The molecule has 0 fully saturated rings. The standard InChI is InChI=1S/C22H20Cl3NO3/c1-13-5-3-4-6-14(13)12-29-21-10-17(23)15(7-20(21)28-2)11-26-16-8-18(24)22(27)19(25)9-16/h3-10,26-27H,11-12H2,1-2H3. The number of methoxy groups -OCH3 is 1. The fourth-order valence-corrected chi connectivity index (χ4v) is 3.48. The molecule has 0 bridgehead atoms. The number of aromatic hydroxyl groups is 1. The summed E-state index contributed by atoms with van der Waals surface area (Å²) in [6.07, 6.45) is 0. The van der Waals surface area contributed by atoms with Crippen LogP contribution in [0, 0.1) is 6.92 Å². The Balaban J connectivity index is 1.75. The lowest BCUT2D eigenvalue weighted by Crippen LogP contribution is -2.03. The molecule has 2 N–H and O–H groups in total. The fourth-order valence-electron chi connectivity index (χ4n) is 2.78. The molecule has 29 heavy (non-hydrogen) atoms. The Labute approximate surface area is 184 Å². The van der Waals surface area contributed by atoms with Crippen LogP contribution in [-0.4, -0.2) is 12.2 Å². The number of phenolic OH excluding ortho intramolecular Hbond substituents is 1. The van der Waals surface area contributed by atoms with Gasteiger partial charge in [0.25, 0.3) is 0 Å². The first-order valence-electron chi connectivity index (χ1n) is 8.84. The molecule has 0 radical (unpaired) electrons. The quantitative estimate of drug-likeness (QED) is 0.384. The Hall–Kier alpha value is -2.27. The van der Waals surface area contributed by atoms with Crippen LogP contribution < -0.4 is 14.8 Å². The zero-order valence-electron chi connectivity index (χ0n) is 15.9. The molecule has 0 heterocycles. The summed E-state index contributed by atoms with van der Waals surface area (Å²) in [5.74, 6) is 1.01. The van der Waals surface area contributed by atoms with E-state index in [0.29, 0.717) is 35.4 Å². The maximum atomic E-state index is 9.67. The van der Waals surface area contributed by atoms with Gasteiger partial charge in [-0.2, -0.15) is 0 Å². The van der Waals surface area contributed by atoms with Crippen LogP contribution >= 0.6 is 34.8 Å². The van der Waals surface area contributed by atoms with Crippen molar-refractivity contribution in [2.75, 3.05) is 12.4 Å². The first-order chi connectivity index (χ1) is 13.9. The summed E-state index contributed by atoms with van der Waals surface area (Å²) in [6, 6.07) is 14.8. The van der Waals surface area contributed by atoms with Crippen LogP contribution in [0.4, 0.5) is 5.69 Å². The van der Waals surface area contributed by atoms with Crippen molar-refractivity contribution in [2.24, 2.45) is 0 Å². The van der Waals surface area contributed by atoms with Crippen LogP contribution in [0.25, 0.3) is 0 Å². The molecule has 0 spiro atoms. The van der Waals surface area contributed by atoms with Crippen LogP contribution in [0.1, 0.15) is 16.7 Å². The lowest BCUT2D eigenvalue weighted by atomic mass is 10.1. The van der Waals surface area contributed by atoms with Gasteiger partial charge in [0, 0.05) is 23.3 Å². The van der Waals surface area contributed by atoms with Crippen molar-refractivity contribution < 1.29 is 14.6 Å². The van der Waals surface area contributed by atoms with E-state index < -0.39 is 0 Å². The highest BCUT2D eigenvalue weighted by Crippen LogP contribution is 2.36. The molecule has 0 aliphatic rings. The summed E-state index contributed by atoms with van der Waals surface area (Å²) < 4.78 is 11.4. The van der Waals surface area contributed by atoms with Crippen molar-refractivity contribution in [3.8, 4) is 17.2 Å². The van der Waals surface area contributed by atoms with E-state index in [-0.39, 0.29) is 15.8 Å². The number of halogens is 3. The van der Waals surface area contributed by atoms with Crippen molar-refractivity contribution in [3.05, 3.63) is 80.3 Å². The Morgan fingerprint density at radius 3 is 2.24 bits per heavy atom. The van der Waals surface area contributed by atoms with Crippen molar-refractivity contribution in [1.82, 2.24) is 0 Å². The predicted octanol–water partition coefficient (Wildman–Crippen LogP) is 6.86. The molecule has 0 saturated heterocycles. The number of ether oxygens (including phenoxy) is 2. The Kier molecular flexibility index (Phi) is 7.01. The second-order valence-electron chi connectivity index (χ2n) is 6.45. The molecule has 0 atom stereocenters. The third-order valence-electron chi connectivity index (χ3n) is 4.48. The van der Waals surface area contributed by atoms with E-state index in [1.165, 1.54) is 0 Å². The molecule has 0 saturated carbocycles. The highest BCUT2D eigenvalue weighted by molar-refractivity contribution is 6.37. The van der Waals surface area contributed by atoms with Gasteiger partial charge >= 0.3 is 0 Å². The van der Waals surface area contributed by atoms with E-state index in [0.717, 1.165) is 16.7 Å². The van der Waals surface area contributed by atoms with Crippen LogP contribution in [0.5, 0.6) is 17.2 Å². The topological polar surface area (TPSA) is 50.7 Å². The summed E-state index contributed by atoms with van der Waals surface area (Å²) in [6.45, 7) is 2.87. The van der Waals surface area contributed by atoms with Gasteiger partial charge in [-0.1, -0.05) is 59.1 Å². The van der Waals surface area contributed by atoms with Crippen LogP contribution in [-0.2, 0) is 13.2 Å². The number of aryl methyl sites for hydroxylation is 1. The number of hydrogen-bond acceptors (Lipinski definition) is 4. The van der Waals surface area contributed by atoms with Gasteiger partial charge in [-0.05, 0) is 41.8 Å². The molecule has 0 unspecified atom stereocenters. The zero-order valence-corrected chi connectivity index (χ0v) is 18.2. The molecule has 3 rings (SSSR count). The number of hydrogen-bond donors (Lipinski definition) is 2. The molecule has 0 amide bonds. The molecule has 152 valence electrons. The largest absolute Gasteiger partial charge is 0.505 e. The summed E-state index contributed by atoms with van der Waals surface area (Å²) >= 11 is 18.4. The van der Waals surface area contributed by atoms with E-state index in [1.54, 1.807) is 25.3 Å². The maximum absolute atomic E-state index is 9.67. The average Bonchev–Trinajstić information content (AvgIpc) is 2.70. The van der Waals surface area contributed by atoms with Crippen molar-refractivity contribution in [3.63, 3.8) is 0 Å². The monoisotopic (exact) mass is 451 g/mol. The highest BCUT2D eigenvalue weighted by Gasteiger charge is 2.12. The van der Waals surface area contributed by atoms with E-state index in [9.17, 15) is 5.11 Å². The van der Waals surface area contributed by atoms with Gasteiger partial charge in [0.2, 0.25) is 0 Å². The van der Waals surface area contributed by atoms with E-state index in [2.05, 4.69) is 5.32 Å². The van der Waals surface area contributed by atoms with Crippen LogP contribution in [0.3, 0.4) is 0 Å². The number of nitrogens with one attached hydrogen (secondary N) is 1. The Morgan fingerprint density at radius 1 is 0.897 bits per heavy atom. The number of phenols is 1. The van der Waals surface area contributed by atoms with Gasteiger partial charge in [-0.25, -0.2) is 0 Å². The lowest BCUT2D eigenvalue weighted by Gasteiger charge is -2.15. The Bertz CT molecular complexity index is 1000. The second kappa shape index (κ2) is 9.49. The number of anilines is 1. The molecular weight excluding hydrogens is 433 g/mol. The molecule has 3 aromatic rings. The minimum Gasteiger partial charge on any atom is -0.505 e. The van der Waals surface area contributed by atoms with Gasteiger partial charge in [-0.15, -0.1) is 0 Å². The molecule has 0 aliphatic heterocycles. The Morgan fingerprint density at radius 2 is 1.59 bits per heavy atom. The predicted molar refractivity (Wildman–Crippen MR) is 119 cm³/mol. The van der Waals surface area contributed by atoms with Gasteiger partial charge in [0.05, 0.1) is 17.2 Å². The first kappa shape index (κ1) is 21.4. The third kappa shape index (κ3) is 5.21. The molecular formula is C22H20Cl3NO3. The summed E-state index contributed by atoms with van der Waals surface area (Å²) in [4.78, 5) is 0. The normalized spacial score (nSPS) is 10.7. The van der Waals surface area contributed by atoms with Crippen molar-refractivity contribution in [1.29, 1.82) is 0 Å². The fraction of sp³-hybridized carbons (Fsp3) is 0.182. The highest BCUT2D eigenvalue weighted by atomic mass is 35.5. The summed E-state index contributed by atoms with van der Waals surface area (Å²) in [5, 5.41) is 13.7. The molecule has 0 aliphatic carbocycles. The van der Waals surface area contributed by atoms with Crippen molar-refractivity contribution >= 4 is 40.5 Å². The van der Waals surface area contributed by atoms with Crippen LogP contribution in [0.15, 0.2) is 48.5 Å². The second-order valence-corrected chi connectivity index (χ2v) is 7.67. The molecule has 7 heteroatoms. The van der Waals surface area contributed by atoms with Gasteiger partial charge in [-0.3, -0.25) is 0 Å². The zero-order chi connectivity index (χ0) is 21.0. The van der Waals surface area contributed by atoms with Gasteiger partial charge in [0.15, 0.2) is 17.2 Å². The first-order valence-corrected chi connectivity index (χ1v) is 9.98. The minimum absolute atomic E-state index is 0.145. The molecule has 3 aromatic carbocycles. The maximum Gasteiger partial charge on any atom is 0.163 e. The van der Waals surface area contributed by atoms with Crippen molar-refractivity contribution in [2.45, 2.75) is 20.1 Å². The summed E-state index contributed by atoms with van der Waals surface area (Å²) in [5.41, 5.74) is 3.72. The molecule has 0 aromatic heterocycles. The van der Waals surface area contributed by atoms with E-state index in [1.807, 2.05) is 37.3 Å². The molecule has 4 nitrogen and oxygen atoms in total. The average molecular weight is 453 g/mol. The smallest absolute Gasteiger partial charge is 0.163 e. The van der Waals surface area contributed by atoms with Crippen LogP contribution in [0.2, 0.25) is 15.1 Å². The number of benzene rings is 3.